The number of nitro benzene ring substituents is 1. The second-order valence-electron chi connectivity index (χ2n) is 6.56. The molecule has 0 aromatic heterocycles. The van der Waals surface area contributed by atoms with Gasteiger partial charge in [0.15, 0.2) is 6.61 Å². The first-order valence-electron chi connectivity index (χ1n) is 9.24. The fourth-order valence-electron chi connectivity index (χ4n) is 2.97. The molecule has 31 heavy (non-hydrogen) atoms. The van der Waals surface area contributed by atoms with Crippen LogP contribution >= 0.6 is 11.6 Å². The number of para-hydroxylation sites is 1. The highest BCUT2D eigenvalue weighted by Crippen LogP contribution is 2.31. The number of ether oxygens (including phenoxy) is 2. The van der Waals surface area contributed by atoms with Crippen LogP contribution in [0.25, 0.3) is 0 Å². The third kappa shape index (κ3) is 5.70. The Morgan fingerprint density at radius 1 is 1.23 bits per heavy atom. The van der Waals surface area contributed by atoms with Crippen LogP contribution in [0.5, 0.6) is 5.75 Å². The lowest BCUT2D eigenvalue weighted by Crippen LogP contribution is -2.36. The predicted octanol–water partition coefficient (Wildman–Crippen LogP) is 2.16. The molecular formula is C20H18ClN3O7. The van der Waals surface area contributed by atoms with E-state index < -0.39 is 41.5 Å². The Bertz CT molecular complexity index is 1030. The molecule has 2 amide bonds. The number of rotatable bonds is 7. The number of nitrogens with one attached hydrogen (secondary N) is 2. The van der Waals surface area contributed by atoms with E-state index in [2.05, 4.69) is 10.6 Å². The van der Waals surface area contributed by atoms with Gasteiger partial charge in [-0.05, 0) is 18.2 Å². The summed E-state index contributed by atoms with van der Waals surface area (Å²) >= 11 is 5.70. The molecule has 0 radical (unpaired) electrons. The van der Waals surface area contributed by atoms with Crippen molar-refractivity contribution in [2.45, 2.75) is 12.5 Å². The van der Waals surface area contributed by atoms with Gasteiger partial charge in [-0.15, -0.1) is 0 Å². The zero-order valence-corrected chi connectivity index (χ0v) is 16.9. The van der Waals surface area contributed by atoms with Crippen LogP contribution in [-0.2, 0) is 14.3 Å². The number of esters is 1. The highest BCUT2D eigenvalue weighted by atomic mass is 35.5. The smallest absolute Gasteiger partial charge is 0.325 e. The highest BCUT2D eigenvalue weighted by Gasteiger charge is 2.23. The Morgan fingerprint density at radius 2 is 2.00 bits per heavy atom. The molecule has 0 fully saturated rings. The maximum atomic E-state index is 12.1. The number of carbonyl (C=O) groups excluding carboxylic acids is 3. The third-order valence-corrected chi connectivity index (χ3v) is 4.78. The van der Waals surface area contributed by atoms with Gasteiger partial charge < -0.3 is 20.1 Å². The number of hydrogen-bond donors (Lipinski definition) is 2. The van der Waals surface area contributed by atoms with E-state index in [4.69, 9.17) is 21.1 Å². The van der Waals surface area contributed by atoms with Crippen molar-refractivity contribution in [1.29, 1.82) is 0 Å². The fraction of sp³-hybridized carbons (Fsp3) is 0.250. The van der Waals surface area contributed by atoms with Gasteiger partial charge in [-0.25, -0.2) is 0 Å². The van der Waals surface area contributed by atoms with E-state index in [-0.39, 0.29) is 16.6 Å². The minimum Gasteiger partial charge on any atom is -0.493 e. The normalized spacial score (nSPS) is 14.5. The van der Waals surface area contributed by atoms with Gasteiger partial charge in [0.25, 0.3) is 17.5 Å². The molecule has 1 aliphatic heterocycles. The lowest BCUT2D eigenvalue weighted by Gasteiger charge is -2.26. The average Bonchev–Trinajstić information content (AvgIpc) is 2.76. The number of hydrogen-bond acceptors (Lipinski definition) is 7. The number of nitro groups is 1. The standard InChI is InChI=1S/C20H18ClN3O7/c21-14-6-5-12(9-16(14)24(28)29)20(27)22-10-19(26)31-11-18(25)23-15-7-8-30-17-4-2-1-3-13(15)17/h1-6,9,15H,7-8,10-11H2,(H,22,27)(H,23,25). The maximum Gasteiger partial charge on any atom is 0.325 e. The third-order valence-electron chi connectivity index (χ3n) is 4.46. The molecule has 2 N–H and O–H groups in total. The lowest BCUT2D eigenvalue weighted by molar-refractivity contribution is -0.384. The van der Waals surface area contributed by atoms with Gasteiger partial charge in [-0.3, -0.25) is 24.5 Å². The van der Waals surface area contributed by atoms with Crippen LogP contribution in [0, 0.1) is 10.1 Å². The summed E-state index contributed by atoms with van der Waals surface area (Å²) < 4.78 is 10.4. The largest absolute Gasteiger partial charge is 0.493 e. The van der Waals surface area contributed by atoms with E-state index in [1.54, 1.807) is 0 Å². The summed E-state index contributed by atoms with van der Waals surface area (Å²) in [7, 11) is 0. The van der Waals surface area contributed by atoms with Crippen LogP contribution in [-0.4, -0.2) is 42.5 Å². The molecule has 0 saturated carbocycles. The van der Waals surface area contributed by atoms with Crippen molar-refractivity contribution in [2.24, 2.45) is 0 Å². The van der Waals surface area contributed by atoms with Crippen LogP contribution in [0.15, 0.2) is 42.5 Å². The van der Waals surface area contributed by atoms with Crippen LogP contribution in [0.4, 0.5) is 5.69 Å². The molecule has 11 heteroatoms. The summed E-state index contributed by atoms with van der Waals surface area (Å²) in [6.45, 7) is -0.570. The number of halogens is 1. The number of amides is 2. The van der Waals surface area contributed by atoms with Crippen molar-refractivity contribution < 1.29 is 28.8 Å². The van der Waals surface area contributed by atoms with Crippen molar-refractivity contribution in [3.63, 3.8) is 0 Å². The van der Waals surface area contributed by atoms with E-state index in [0.717, 1.165) is 11.6 Å². The van der Waals surface area contributed by atoms with Gasteiger partial charge in [-0.1, -0.05) is 29.8 Å². The number of fused-ring (bicyclic) bond motifs is 1. The second-order valence-corrected chi connectivity index (χ2v) is 6.97. The molecule has 3 rings (SSSR count). The molecule has 10 nitrogen and oxygen atoms in total. The zero-order valence-electron chi connectivity index (χ0n) is 16.1. The summed E-state index contributed by atoms with van der Waals surface area (Å²) in [5.74, 6) is -1.35. The number of nitrogens with zero attached hydrogens (tertiary/aromatic N) is 1. The summed E-state index contributed by atoms with van der Waals surface area (Å²) in [5, 5.41) is 15.8. The molecule has 162 valence electrons. The molecule has 0 saturated heterocycles. The molecular weight excluding hydrogens is 430 g/mol. The summed E-state index contributed by atoms with van der Waals surface area (Å²) in [4.78, 5) is 46.2. The first-order chi connectivity index (χ1) is 14.8. The van der Waals surface area contributed by atoms with E-state index in [1.807, 2.05) is 24.3 Å². The van der Waals surface area contributed by atoms with Crippen LogP contribution in [0.2, 0.25) is 5.02 Å². The first kappa shape index (κ1) is 22.0. The van der Waals surface area contributed by atoms with Gasteiger partial charge in [0, 0.05) is 23.6 Å². The Morgan fingerprint density at radius 3 is 2.77 bits per heavy atom. The van der Waals surface area contributed by atoms with Crippen molar-refractivity contribution in [1.82, 2.24) is 10.6 Å². The molecule has 0 bridgehead atoms. The van der Waals surface area contributed by atoms with Crippen LogP contribution < -0.4 is 15.4 Å². The quantitative estimate of drug-likeness (QED) is 0.377. The maximum absolute atomic E-state index is 12.1. The second kappa shape index (κ2) is 9.90. The first-order valence-corrected chi connectivity index (χ1v) is 9.62. The molecule has 0 aliphatic carbocycles. The van der Waals surface area contributed by atoms with Crippen molar-refractivity contribution in [3.05, 3.63) is 68.7 Å². The van der Waals surface area contributed by atoms with Crippen molar-refractivity contribution in [3.8, 4) is 5.75 Å². The Labute approximate surface area is 181 Å². The van der Waals surface area contributed by atoms with E-state index in [0.29, 0.717) is 18.8 Å². The Kier molecular flexibility index (Phi) is 7.03. The van der Waals surface area contributed by atoms with Gasteiger partial charge in [0.2, 0.25) is 0 Å². The van der Waals surface area contributed by atoms with Crippen LogP contribution in [0.3, 0.4) is 0 Å². The molecule has 1 atom stereocenters. The highest BCUT2D eigenvalue weighted by molar-refractivity contribution is 6.32. The monoisotopic (exact) mass is 447 g/mol. The van der Waals surface area contributed by atoms with E-state index in [9.17, 15) is 24.5 Å². The zero-order chi connectivity index (χ0) is 22.4. The predicted molar refractivity (Wildman–Crippen MR) is 109 cm³/mol. The van der Waals surface area contributed by atoms with Gasteiger partial charge in [0.1, 0.15) is 17.3 Å². The van der Waals surface area contributed by atoms with Gasteiger partial charge in [-0.2, -0.15) is 0 Å². The molecule has 1 heterocycles. The lowest BCUT2D eigenvalue weighted by atomic mass is 10.0. The molecule has 1 unspecified atom stereocenters. The number of benzene rings is 2. The average molecular weight is 448 g/mol. The molecule has 0 spiro atoms. The molecule has 1 aliphatic rings. The number of carbonyl (C=O) groups is 3. The van der Waals surface area contributed by atoms with Gasteiger partial charge in [0.05, 0.1) is 17.6 Å². The fourth-order valence-corrected chi connectivity index (χ4v) is 3.16. The van der Waals surface area contributed by atoms with Crippen LogP contribution in [0.1, 0.15) is 28.4 Å². The van der Waals surface area contributed by atoms with E-state index in [1.165, 1.54) is 12.1 Å². The minimum absolute atomic E-state index is 0.0418. The SMILES string of the molecule is O=C(COC(=O)CNC(=O)c1ccc(Cl)c([N+](=O)[O-])c1)NC1CCOc2ccccc21. The topological polar surface area (TPSA) is 137 Å². The molecule has 2 aromatic carbocycles. The van der Waals surface area contributed by atoms with Crippen molar-refractivity contribution in [2.75, 3.05) is 19.8 Å². The van der Waals surface area contributed by atoms with Crippen molar-refractivity contribution >= 4 is 35.1 Å². The minimum atomic E-state index is -0.834. The Hall–Kier alpha value is -3.66. The van der Waals surface area contributed by atoms with E-state index >= 15 is 0 Å². The summed E-state index contributed by atoms with van der Waals surface area (Å²) in [5.41, 5.74) is 0.376. The molecule has 2 aromatic rings. The summed E-state index contributed by atoms with van der Waals surface area (Å²) in [6.07, 6.45) is 0.583. The summed E-state index contributed by atoms with van der Waals surface area (Å²) in [6, 6.07) is 10.6. The Balaban J connectivity index is 1.45. The van der Waals surface area contributed by atoms with Gasteiger partial charge >= 0.3 is 5.97 Å².